The molecule has 0 spiro atoms. The Hall–Kier alpha value is -9.09. The summed E-state index contributed by atoms with van der Waals surface area (Å²) in [5.41, 5.74) is 17.3. The number of anilines is 3. The Morgan fingerprint density at radius 2 is 0.733 bits per heavy atom. The van der Waals surface area contributed by atoms with Crippen molar-refractivity contribution in [2.45, 2.75) is 19.3 Å². The molecule has 9 N–H and O–H groups in total. The molecule has 18 nitrogen and oxygen atoms in total. The van der Waals surface area contributed by atoms with Gasteiger partial charge in [0.25, 0.3) is 17.7 Å². The first-order valence-corrected chi connectivity index (χ1v) is 30.3. The molecule has 0 aliphatic rings. The van der Waals surface area contributed by atoms with Crippen molar-refractivity contribution in [1.82, 2.24) is 19.9 Å². The number of halogens is 6. The van der Waals surface area contributed by atoms with Gasteiger partial charge >= 0.3 is 0 Å². The largest absolute Gasteiger partial charge is 0.384 e. The molecule has 6 aromatic carbocycles. The van der Waals surface area contributed by atoms with E-state index in [1.165, 1.54) is 6.07 Å². The van der Waals surface area contributed by atoms with E-state index in [0.717, 1.165) is 24.5 Å². The molecule has 3 heterocycles. The van der Waals surface area contributed by atoms with E-state index in [1.54, 1.807) is 202 Å². The third-order valence-electron chi connectivity index (χ3n) is 13.1. The summed E-state index contributed by atoms with van der Waals surface area (Å²) < 4.78 is 2.39. The van der Waals surface area contributed by atoms with Crippen molar-refractivity contribution < 1.29 is 28.8 Å². The average molecular weight is 1460 g/mol. The summed E-state index contributed by atoms with van der Waals surface area (Å²) in [6.45, 7) is 0. The standard InChI is InChI=1S/C23H20BrClN4O2.C22H18BrClN4O2.C21H16BrClN4O2/c1-29(2)22(26)15-5-3-14(4-6-15)20(30)11-16-7-9-18(25)12-19(16)23(31)28-21-10-8-17(24)13-27-21;1-26-21(25)14-4-2-13(3-5-14)19(29)10-15-6-8-17(24)11-18(15)22(30)28-20-9-7-16(23)12-27-20;22-15-6-8-19(26-11-15)27-21(29)17-10-16(23)7-5-14(17)9-18(28)12-1-3-13(4-2-12)20(24)25/h3-10,12-13,26H,11H2,1-2H3,(H,27,28,31);2-9,11-12H,10H2,1H3,(H2,25,26)(H,27,28,30);1-8,10-11H,9H2,(H3,24,25)(H,26,27,29). The monoisotopic (exact) mass is 1450 g/mol. The van der Waals surface area contributed by atoms with Crippen LogP contribution in [0.25, 0.3) is 0 Å². The first-order valence-electron chi connectivity index (χ1n) is 26.8. The van der Waals surface area contributed by atoms with Gasteiger partial charge in [-0.05, 0) is 137 Å². The van der Waals surface area contributed by atoms with Crippen LogP contribution < -0.4 is 27.4 Å². The van der Waals surface area contributed by atoms with Crippen LogP contribution in [0.3, 0.4) is 0 Å². The van der Waals surface area contributed by atoms with Gasteiger partial charge in [0.05, 0.1) is 0 Å². The van der Waals surface area contributed by atoms with Crippen molar-refractivity contribution in [2.24, 2.45) is 16.5 Å². The highest BCUT2D eigenvalue weighted by Gasteiger charge is 2.21. The molecule has 3 amide bonds. The molecule has 3 aromatic heterocycles. The van der Waals surface area contributed by atoms with Crippen molar-refractivity contribution in [3.63, 3.8) is 0 Å². The fraction of sp³-hybridized carbons (Fsp3) is 0.0909. The number of carbonyl (C=O) groups excluding carboxylic acids is 6. The molecule has 0 radical (unpaired) electrons. The van der Waals surface area contributed by atoms with Gasteiger partial charge in [0, 0.05) is 138 Å². The lowest BCUT2D eigenvalue weighted by molar-refractivity contribution is 0.0980. The van der Waals surface area contributed by atoms with Crippen molar-refractivity contribution in [3.05, 3.63) is 278 Å². The molecule has 90 heavy (non-hydrogen) atoms. The number of carbonyl (C=O) groups is 6. The number of nitrogens with two attached hydrogens (primary N) is 2. The zero-order valence-corrected chi connectivity index (χ0v) is 55.1. The molecule has 24 heteroatoms. The SMILES string of the molecule is CN(C)C(=N)c1ccc(C(=O)Cc2ccc(Cl)cc2C(=O)Nc2ccc(Br)cn2)cc1.CN=C(N)c1ccc(C(=O)Cc2ccc(Cl)cc2C(=O)Nc2ccc(Br)cn2)cc1.N=C(N)c1ccc(C(=O)Cc2ccc(Cl)cc2C(=O)Nc2ccc(Br)cn2)cc1. The molecule has 0 saturated heterocycles. The minimum atomic E-state index is -0.406. The number of aliphatic imine (C=N–C) groups is 1. The molecular weight excluding hydrogens is 1400 g/mol. The molecule has 0 saturated carbocycles. The quantitative estimate of drug-likeness (QED) is 0.0240. The first kappa shape index (κ1) is 68.4. The second-order valence-corrected chi connectivity index (χ2v) is 23.7. The second-order valence-electron chi connectivity index (χ2n) is 19.6. The Morgan fingerprint density at radius 3 is 1.00 bits per heavy atom. The topological polar surface area (TPSA) is 293 Å². The summed E-state index contributed by atoms with van der Waals surface area (Å²) in [6.07, 6.45) is 4.84. The Balaban J connectivity index is 0.000000192. The fourth-order valence-corrected chi connectivity index (χ4v) is 9.55. The fourth-order valence-electron chi connectivity index (χ4n) is 8.33. The molecule has 0 aliphatic carbocycles. The van der Waals surface area contributed by atoms with E-state index in [0.29, 0.717) is 99.8 Å². The van der Waals surface area contributed by atoms with E-state index < -0.39 is 17.7 Å². The van der Waals surface area contributed by atoms with Gasteiger partial charge in [-0.25, -0.2) is 15.0 Å². The molecule has 9 rings (SSSR count). The number of nitrogens with one attached hydrogen (secondary N) is 5. The predicted octanol–water partition coefficient (Wildman–Crippen LogP) is 14.0. The Kier molecular flexibility index (Phi) is 24.6. The van der Waals surface area contributed by atoms with E-state index in [-0.39, 0.29) is 42.4 Å². The molecule has 0 fully saturated rings. The molecule has 9 aromatic rings. The maximum absolute atomic E-state index is 12.8. The number of nitrogen functional groups attached to an aromatic ring is 1. The van der Waals surface area contributed by atoms with Crippen molar-refractivity contribution in [2.75, 3.05) is 37.1 Å². The van der Waals surface area contributed by atoms with E-state index in [4.69, 9.17) is 57.1 Å². The van der Waals surface area contributed by atoms with E-state index >= 15 is 0 Å². The molecule has 0 aliphatic heterocycles. The number of hydrogen-bond donors (Lipinski definition) is 7. The molecule has 0 unspecified atom stereocenters. The summed E-state index contributed by atoms with van der Waals surface area (Å²) in [4.78, 5) is 94.6. The molecular formula is C66H54Br3Cl3N12O6. The number of pyridine rings is 3. The second kappa shape index (κ2) is 32.4. The van der Waals surface area contributed by atoms with E-state index in [2.05, 4.69) is 83.7 Å². The molecule has 0 atom stereocenters. The maximum atomic E-state index is 12.8. The van der Waals surface area contributed by atoms with Gasteiger partial charge < -0.3 is 32.3 Å². The number of amides is 3. The normalized spacial score (nSPS) is 10.7. The number of benzene rings is 6. The highest BCUT2D eigenvalue weighted by atomic mass is 79.9. The van der Waals surface area contributed by atoms with Crippen LogP contribution in [0, 0.1) is 10.8 Å². The van der Waals surface area contributed by atoms with Crippen molar-refractivity contribution >= 4 is 153 Å². The number of nitrogens with zero attached hydrogens (tertiary/aromatic N) is 5. The number of ketones is 3. The van der Waals surface area contributed by atoms with Gasteiger partial charge in [-0.2, -0.15) is 0 Å². The number of rotatable bonds is 18. The van der Waals surface area contributed by atoms with E-state index in [9.17, 15) is 28.8 Å². The van der Waals surface area contributed by atoms with E-state index in [1.807, 2.05) is 0 Å². The van der Waals surface area contributed by atoms with Gasteiger partial charge in [-0.1, -0.05) is 126 Å². The Labute approximate surface area is 558 Å². The number of aromatic nitrogens is 3. The number of amidine groups is 3. The Morgan fingerprint density at radius 1 is 0.444 bits per heavy atom. The summed E-state index contributed by atoms with van der Waals surface area (Å²) in [5, 5.41) is 24.8. The molecule has 0 bridgehead atoms. The van der Waals surface area contributed by atoms with Crippen LogP contribution in [0.15, 0.2) is 201 Å². The third kappa shape index (κ3) is 19.7. The summed E-state index contributed by atoms with van der Waals surface area (Å²) in [6, 6.07) is 45.1. The van der Waals surface area contributed by atoms with Crippen molar-refractivity contribution in [1.29, 1.82) is 10.8 Å². The van der Waals surface area contributed by atoms with Crippen LogP contribution in [0.1, 0.15) is 95.5 Å². The molecule has 456 valence electrons. The Bertz CT molecular complexity index is 4180. The van der Waals surface area contributed by atoms with Gasteiger partial charge in [-0.3, -0.25) is 44.6 Å². The lowest BCUT2D eigenvalue weighted by Gasteiger charge is -2.14. The zero-order valence-electron chi connectivity index (χ0n) is 48.0. The minimum Gasteiger partial charge on any atom is -0.384 e. The first-order chi connectivity index (χ1) is 42.9. The van der Waals surface area contributed by atoms with Gasteiger partial charge in [0.2, 0.25) is 0 Å². The van der Waals surface area contributed by atoms with Crippen LogP contribution >= 0.6 is 82.6 Å². The average Bonchev–Trinajstić information content (AvgIpc) is 2.66. The van der Waals surface area contributed by atoms with Gasteiger partial charge in [-0.15, -0.1) is 0 Å². The van der Waals surface area contributed by atoms with Crippen LogP contribution in [0.4, 0.5) is 17.5 Å². The smallest absolute Gasteiger partial charge is 0.257 e. The lowest BCUT2D eigenvalue weighted by Crippen LogP contribution is -2.21. The maximum Gasteiger partial charge on any atom is 0.257 e. The van der Waals surface area contributed by atoms with Crippen LogP contribution in [0.2, 0.25) is 15.1 Å². The number of Topliss-reactive ketones (excluding diaryl/α,β-unsaturated/α-hetero) is 3. The summed E-state index contributed by atoms with van der Waals surface area (Å²) >= 11 is 28.1. The zero-order chi connectivity index (χ0) is 65.2. The van der Waals surface area contributed by atoms with Crippen LogP contribution in [-0.4, -0.2) is 93.6 Å². The number of hydrogen-bond acceptors (Lipinski definition) is 12. The van der Waals surface area contributed by atoms with Crippen LogP contribution in [-0.2, 0) is 19.3 Å². The highest BCUT2D eigenvalue weighted by molar-refractivity contribution is 9.11. The highest BCUT2D eigenvalue weighted by Crippen LogP contribution is 2.25. The van der Waals surface area contributed by atoms with Crippen molar-refractivity contribution in [3.8, 4) is 0 Å². The third-order valence-corrected chi connectivity index (χ3v) is 15.2. The summed E-state index contributed by atoms with van der Waals surface area (Å²) in [7, 11) is 5.18. The minimum absolute atomic E-state index is 0.0209. The predicted molar refractivity (Wildman–Crippen MR) is 366 cm³/mol. The van der Waals surface area contributed by atoms with Gasteiger partial charge in [0.1, 0.15) is 35.0 Å². The van der Waals surface area contributed by atoms with Crippen LogP contribution in [0.5, 0.6) is 0 Å². The van der Waals surface area contributed by atoms with Gasteiger partial charge in [0.15, 0.2) is 17.3 Å². The summed E-state index contributed by atoms with van der Waals surface area (Å²) in [5.74, 6) is 0.230. The lowest BCUT2D eigenvalue weighted by atomic mass is 9.97.